The summed E-state index contributed by atoms with van der Waals surface area (Å²) < 4.78 is 38.5. The molecule has 2 fully saturated rings. The van der Waals surface area contributed by atoms with Gasteiger partial charge in [0, 0.05) is 19.1 Å². The minimum absolute atomic E-state index is 0.151. The van der Waals surface area contributed by atoms with Gasteiger partial charge in [0.25, 0.3) is 5.91 Å². The highest BCUT2D eigenvalue weighted by Crippen LogP contribution is 2.26. The Hall–Kier alpha value is -0.950. The van der Waals surface area contributed by atoms with Crippen molar-refractivity contribution >= 4 is 15.9 Å². The van der Waals surface area contributed by atoms with E-state index in [-0.39, 0.29) is 18.5 Å². The van der Waals surface area contributed by atoms with E-state index in [0.29, 0.717) is 13.0 Å². The number of nitrogens with one attached hydrogen (secondary N) is 1. The number of carbonyl (C=O) groups excluding carboxylic acids is 1. The molecule has 1 N–H and O–H groups in total. The Morgan fingerprint density at radius 1 is 1.23 bits per heavy atom. The summed E-state index contributed by atoms with van der Waals surface area (Å²) in [5, 5.41) is 2.53. The summed E-state index contributed by atoms with van der Waals surface area (Å²) in [5.41, 5.74) is 0. The van der Waals surface area contributed by atoms with Crippen LogP contribution in [0, 0.1) is 5.92 Å². The van der Waals surface area contributed by atoms with Crippen LogP contribution in [0.15, 0.2) is 11.9 Å². The van der Waals surface area contributed by atoms with E-state index in [2.05, 4.69) is 5.32 Å². The predicted octanol–water partition coefficient (Wildman–Crippen LogP) is 1.96. The van der Waals surface area contributed by atoms with Gasteiger partial charge in [-0.25, -0.2) is 12.8 Å². The number of hydrogen-bond acceptors (Lipinski definition) is 3. The molecule has 0 aromatic heterocycles. The van der Waals surface area contributed by atoms with Crippen LogP contribution < -0.4 is 5.32 Å². The summed E-state index contributed by atoms with van der Waals surface area (Å²) in [6.07, 6.45) is 9.28. The standard InChI is InChI=1S/C15H25FN2O3S/c1-22(20,21)18-9-5-8-13(18)11-17-15(19)14(16)10-12-6-3-2-4-7-12/h10,12-13H,2-9,11H2,1H3,(H,17,19)/t13-/m1/s1. The van der Waals surface area contributed by atoms with Crippen LogP contribution in [0.3, 0.4) is 0 Å². The molecule has 0 radical (unpaired) electrons. The number of nitrogens with zero attached hydrogens (tertiary/aromatic N) is 1. The minimum atomic E-state index is -3.27. The Kier molecular flexibility index (Phi) is 5.97. The molecule has 1 aliphatic heterocycles. The molecule has 2 rings (SSSR count). The van der Waals surface area contributed by atoms with Crippen LogP contribution in [-0.2, 0) is 14.8 Å². The molecule has 7 heteroatoms. The Labute approximate surface area is 132 Å². The quantitative estimate of drug-likeness (QED) is 0.783. The monoisotopic (exact) mass is 332 g/mol. The third-order valence-electron chi connectivity index (χ3n) is 4.50. The number of rotatable bonds is 5. The molecule has 1 saturated carbocycles. The Morgan fingerprint density at radius 3 is 2.55 bits per heavy atom. The third-order valence-corrected chi connectivity index (χ3v) is 5.83. The normalized spacial score (nSPS) is 25.4. The summed E-state index contributed by atoms with van der Waals surface area (Å²) in [5.74, 6) is -1.32. The maximum absolute atomic E-state index is 13.9. The molecule has 2 aliphatic rings. The molecule has 1 saturated heterocycles. The molecule has 1 aliphatic carbocycles. The first-order chi connectivity index (χ1) is 10.4. The van der Waals surface area contributed by atoms with Crippen molar-refractivity contribution in [3.8, 4) is 0 Å². The molecular formula is C15H25FN2O3S. The number of sulfonamides is 1. The molecule has 1 heterocycles. The second-order valence-electron chi connectivity index (χ2n) is 6.29. The van der Waals surface area contributed by atoms with Gasteiger partial charge in [0.2, 0.25) is 10.0 Å². The number of carbonyl (C=O) groups is 1. The summed E-state index contributed by atoms with van der Waals surface area (Å²) in [6.45, 7) is 0.637. The van der Waals surface area contributed by atoms with E-state index in [4.69, 9.17) is 0 Å². The van der Waals surface area contributed by atoms with Crippen LogP contribution in [0.1, 0.15) is 44.9 Å². The van der Waals surface area contributed by atoms with Gasteiger partial charge in [-0.15, -0.1) is 0 Å². The van der Waals surface area contributed by atoms with Crippen LogP contribution in [0.5, 0.6) is 0 Å². The zero-order valence-electron chi connectivity index (χ0n) is 13.1. The Morgan fingerprint density at radius 2 is 1.91 bits per heavy atom. The fraction of sp³-hybridized carbons (Fsp3) is 0.800. The predicted molar refractivity (Wildman–Crippen MR) is 83.3 cm³/mol. The highest BCUT2D eigenvalue weighted by Gasteiger charge is 2.31. The van der Waals surface area contributed by atoms with Crippen LogP contribution in [-0.4, -0.2) is 44.0 Å². The van der Waals surface area contributed by atoms with Gasteiger partial charge in [-0.2, -0.15) is 4.31 Å². The lowest BCUT2D eigenvalue weighted by Gasteiger charge is -2.22. The maximum atomic E-state index is 13.9. The zero-order chi connectivity index (χ0) is 16.2. The van der Waals surface area contributed by atoms with Crippen molar-refractivity contribution in [3.05, 3.63) is 11.9 Å². The summed E-state index contributed by atoms with van der Waals surface area (Å²) in [7, 11) is -3.27. The molecule has 22 heavy (non-hydrogen) atoms. The number of halogens is 1. The van der Waals surface area contributed by atoms with Crippen LogP contribution in [0.4, 0.5) is 4.39 Å². The lowest BCUT2D eigenvalue weighted by atomic mass is 9.89. The molecule has 0 spiro atoms. The van der Waals surface area contributed by atoms with E-state index in [1.165, 1.54) is 16.8 Å². The zero-order valence-corrected chi connectivity index (χ0v) is 13.9. The largest absolute Gasteiger partial charge is 0.348 e. The first kappa shape index (κ1) is 17.4. The molecular weight excluding hydrogens is 307 g/mol. The second kappa shape index (κ2) is 7.55. The van der Waals surface area contributed by atoms with Crippen LogP contribution in [0.25, 0.3) is 0 Å². The average molecular weight is 332 g/mol. The first-order valence-electron chi connectivity index (χ1n) is 8.00. The SMILES string of the molecule is CS(=O)(=O)N1CCC[C@@H]1CNC(=O)C(F)=CC1CCCCC1. The number of hydrogen-bond donors (Lipinski definition) is 1. The molecule has 0 unspecified atom stereocenters. The van der Waals surface area contributed by atoms with Crippen LogP contribution >= 0.6 is 0 Å². The van der Waals surface area contributed by atoms with Gasteiger partial charge < -0.3 is 5.32 Å². The smallest absolute Gasteiger partial charge is 0.279 e. The highest BCUT2D eigenvalue weighted by atomic mass is 32.2. The molecule has 5 nitrogen and oxygen atoms in total. The number of amides is 1. The third kappa shape index (κ3) is 4.78. The van der Waals surface area contributed by atoms with Crippen molar-refractivity contribution in [3.63, 3.8) is 0 Å². The van der Waals surface area contributed by atoms with Crippen molar-refractivity contribution in [2.45, 2.75) is 51.0 Å². The van der Waals surface area contributed by atoms with Gasteiger partial charge in [0.15, 0.2) is 5.83 Å². The average Bonchev–Trinajstić information content (AvgIpc) is 2.94. The fourth-order valence-electron chi connectivity index (χ4n) is 3.33. The van der Waals surface area contributed by atoms with Crippen molar-refractivity contribution in [1.82, 2.24) is 9.62 Å². The van der Waals surface area contributed by atoms with E-state index in [0.717, 1.165) is 38.4 Å². The molecule has 0 aromatic rings. The molecule has 0 bridgehead atoms. The maximum Gasteiger partial charge on any atom is 0.279 e. The lowest BCUT2D eigenvalue weighted by molar-refractivity contribution is -0.119. The molecule has 1 atom stereocenters. The lowest BCUT2D eigenvalue weighted by Crippen LogP contribution is -2.42. The van der Waals surface area contributed by atoms with Gasteiger partial charge in [-0.3, -0.25) is 4.79 Å². The molecule has 126 valence electrons. The summed E-state index contributed by atoms with van der Waals surface area (Å²) >= 11 is 0. The van der Waals surface area contributed by atoms with Gasteiger partial charge in [-0.1, -0.05) is 19.3 Å². The summed E-state index contributed by atoms with van der Waals surface area (Å²) in [4.78, 5) is 11.8. The minimum Gasteiger partial charge on any atom is -0.348 e. The van der Waals surface area contributed by atoms with Crippen molar-refractivity contribution in [1.29, 1.82) is 0 Å². The van der Waals surface area contributed by atoms with Crippen molar-refractivity contribution in [2.75, 3.05) is 19.3 Å². The molecule has 1 amide bonds. The topological polar surface area (TPSA) is 66.5 Å². The van der Waals surface area contributed by atoms with Gasteiger partial charge in [0.1, 0.15) is 0 Å². The van der Waals surface area contributed by atoms with Crippen molar-refractivity contribution in [2.24, 2.45) is 5.92 Å². The van der Waals surface area contributed by atoms with Crippen LogP contribution in [0.2, 0.25) is 0 Å². The van der Waals surface area contributed by atoms with Crippen molar-refractivity contribution < 1.29 is 17.6 Å². The van der Waals surface area contributed by atoms with Gasteiger partial charge in [-0.05, 0) is 37.7 Å². The molecule has 0 aromatic carbocycles. The first-order valence-corrected chi connectivity index (χ1v) is 9.85. The van der Waals surface area contributed by atoms with E-state index in [1.807, 2.05) is 0 Å². The van der Waals surface area contributed by atoms with E-state index in [9.17, 15) is 17.6 Å². The van der Waals surface area contributed by atoms with E-state index in [1.54, 1.807) is 0 Å². The van der Waals surface area contributed by atoms with E-state index < -0.39 is 21.8 Å². The van der Waals surface area contributed by atoms with E-state index >= 15 is 0 Å². The fourth-order valence-corrected chi connectivity index (χ4v) is 4.51. The highest BCUT2D eigenvalue weighted by molar-refractivity contribution is 7.88. The summed E-state index contributed by atoms with van der Waals surface area (Å²) in [6, 6.07) is -0.263. The van der Waals surface area contributed by atoms with Gasteiger partial charge >= 0.3 is 0 Å². The number of allylic oxidation sites excluding steroid dienone is 1. The Bertz CT molecular complexity index is 527. The second-order valence-corrected chi connectivity index (χ2v) is 8.23. The Balaban J connectivity index is 1.85. The van der Waals surface area contributed by atoms with Gasteiger partial charge in [0.05, 0.1) is 6.26 Å².